The van der Waals surface area contributed by atoms with Crippen LogP contribution in [0.5, 0.6) is 11.5 Å². The van der Waals surface area contributed by atoms with Crippen molar-refractivity contribution < 1.29 is 27.4 Å². The summed E-state index contributed by atoms with van der Waals surface area (Å²) in [6.45, 7) is 2.56. The van der Waals surface area contributed by atoms with E-state index in [2.05, 4.69) is 0 Å². The topological polar surface area (TPSA) is 38.8 Å². The first-order chi connectivity index (χ1) is 11.9. The van der Waals surface area contributed by atoms with E-state index in [1.165, 1.54) is 17.0 Å². The monoisotopic (exact) mass is 351 g/mol. The molecule has 0 aromatic heterocycles. The lowest BCUT2D eigenvalue weighted by atomic mass is 10.1. The van der Waals surface area contributed by atoms with E-state index in [0.29, 0.717) is 18.0 Å². The van der Waals surface area contributed by atoms with Gasteiger partial charge in [0.1, 0.15) is 0 Å². The number of nitrogens with zero attached hydrogens (tertiary/aromatic N) is 1. The van der Waals surface area contributed by atoms with Crippen molar-refractivity contribution in [3.05, 3.63) is 59.2 Å². The van der Waals surface area contributed by atoms with E-state index in [0.717, 1.165) is 17.7 Å². The molecule has 2 aromatic rings. The van der Waals surface area contributed by atoms with Gasteiger partial charge >= 0.3 is 6.18 Å². The number of ether oxygens (including phenoxy) is 2. The molecule has 0 unspecified atom stereocenters. The van der Waals surface area contributed by atoms with E-state index in [4.69, 9.17) is 9.47 Å². The Morgan fingerprint density at radius 3 is 2.60 bits per heavy atom. The second kappa shape index (κ2) is 6.66. The van der Waals surface area contributed by atoms with E-state index < -0.39 is 17.6 Å². The zero-order valence-corrected chi connectivity index (χ0v) is 13.5. The van der Waals surface area contributed by atoms with Gasteiger partial charge in [-0.05, 0) is 42.8 Å². The van der Waals surface area contributed by atoms with Crippen LogP contribution in [0.2, 0.25) is 0 Å². The van der Waals surface area contributed by atoms with Crippen LogP contribution in [0, 0.1) is 0 Å². The first-order valence-electron chi connectivity index (χ1n) is 7.73. The zero-order chi connectivity index (χ0) is 18.0. The molecule has 0 aliphatic carbocycles. The predicted octanol–water partition coefficient (Wildman–Crippen LogP) is 4.10. The fourth-order valence-corrected chi connectivity index (χ4v) is 2.60. The van der Waals surface area contributed by atoms with Crippen LogP contribution in [0.4, 0.5) is 13.2 Å². The maximum Gasteiger partial charge on any atom is 0.416 e. The SMILES string of the molecule is CCN(Cc1ccc2c(c1)OCO2)C(=O)c1cccc(C(F)(F)F)c1. The van der Waals surface area contributed by atoms with Gasteiger partial charge in [-0.3, -0.25) is 4.79 Å². The second-order valence-electron chi connectivity index (χ2n) is 5.59. The maximum atomic E-state index is 12.8. The molecular weight excluding hydrogens is 335 g/mol. The van der Waals surface area contributed by atoms with Crippen LogP contribution in [0.15, 0.2) is 42.5 Å². The van der Waals surface area contributed by atoms with E-state index in [9.17, 15) is 18.0 Å². The lowest BCUT2D eigenvalue weighted by molar-refractivity contribution is -0.137. The molecule has 0 radical (unpaired) electrons. The number of benzene rings is 2. The Hall–Kier alpha value is -2.70. The third-order valence-electron chi connectivity index (χ3n) is 3.92. The quantitative estimate of drug-likeness (QED) is 0.833. The minimum atomic E-state index is -4.48. The summed E-state index contributed by atoms with van der Waals surface area (Å²) in [6.07, 6.45) is -4.48. The van der Waals surface area contributed by atoms with Gasteiger partial charge < -0.3 is 14.4 Å². The Kier molecular flexibility index (Phi) is 4.57. The fourth-order valence-electron chi connectivity index (χ4n) is 2.60. The zero-order valence-electron chi connectivity index (χ0n) is 13.5. The third-order valence-corrected chi connectivity index (χ3v) is 3.92. The molecule has 0 saturated heterocycles. The van der Waals surface area contributed by atoms with Crippen molar-refractivity contribution >= 4 is 5.91 Å². The van der Waals surface area contributed by atoms with Crippen molar-refractivity contribution in [2.24, 2.45) is 0 Å². The number of halogens is 3. The van der Waals surface area contributed by atoms with Crippen molar-refractivity contribution in [3.8, 4) is 11.5 Å². The number of carbonyl (C=O) groups excluding carboxylic acids is 1. The number of carbonyl (C=O) groups is 1. The molecule has 0 spiro atoms. The first-order valence-corrected chi connectivity index (χ1v) is 7.73. The summed E-state index contributed by atoms with van der Waals surface area (Å²) in [4.78, 5) is 14.1. The molecule has 1 amide bonds. The average molecular weight is 351 g/mol. The molecule has 1 aliphatic rings. The number of alkyl halides is 3. The minimum absolute atomic E-state index is 0.0115. The Bertz CT molecular complexity index is 789. The molecule has 1 aliphatic heterocycles. The van der Waals surface area contributed by atoms with E-state index in [1.807, 2.05) is 0 Å². The fraction of sp³-hybridized carbons (Fsp3) is 0.278. The van der Waals surface area contributed by atoms with E-state index >= 15 is 0 Å². The number of amides is 1. The highest BCUT2D eigenvalue weighted by atomic mass is 19.4. The van der Waals surface area contributed by atoms with Crippen molar-refractivity contribution in [2.45, 2.75) is 19.6 Å². The van der Waals surface area contributed by atoms with Gasteiger partial charge in [0.15, 0.2) is 11.5 Å². The number of fused-ring (bicyclic) bond motifs is 1. The molecule has 132 valence electrons. The molecule has 3 rings (SSSR count). The third kappa shape index (κ3) is 3.70. The molecule has 1 heterocycles. The Balaban J connectivity index is 1.80. The largest absolute Gasteiger partial charge is 0.454 e. The summed E-state index contributed by atoms with van der Waals surface area (Å²) in [5.41, 5.74) is -0.0127. The van der Waals surface area contributed by atoms with Crippen molar-refractivity contribution in [1.29, 1.82) is 0 Å². The highest BCUT2D eigenvalue weighted by Crippen LogP contribution is 2.33. The standard InChI is InChI=1S/C18H16F3NO3/c1-2-22(10-12-6-7-15-16(8-12)25-11-24-15)17(23)13-4-3-5-14(9-13)18(19,20)21/h3-9H,2,10-11H2,1H3. The van der Waals surface area contributed by atoms with E-state index in [1.54, 1.807) is 25.1 Å². The lowest BCUT2D eigenvalue weighted by Crippen LogP contribution is -2.30. The van der Waals surface area contributed by atoms with Crippen LogP contribution >= 0.6 is 0 Å². The summed E-state index contributed by atoms with van der Waals surface area (Å²) in [7, 11) is 0. The first kappa shape index (κ1) is 17.1. The average Bonchev–Trinajstić information content (AvgIpc) is 3.06. The molecular formula is C18H16F3NO3. The van der Waals surface area contributed by atoms with Gasteiger partial charge in [0.05, 0.1) is 5.56 Å². The van der Waals surface area contributed by atoms with Gasteiger partial charge in [0, 0.05) is 18.7 Å². The summed E-state index contributed by atoms with van der Waals surface area (Å²) in [5, 5.41) is 0. The minimum Gasteiger partial charge on any atom is -0.454 e. The molecule has 7 heteroatoms. The highest BCUT2D eigenvalue weighted by Gasteiger charge is 2.31. The molecule has 0 saturated carbocycles. The van der Waals surface area contributed by atoms with Gasteiger partial charge in [-0.25, -0.2) is 0 Å². The smallest absolute Gasteiger partial charge is 0.416 e. The summed E-state index contributed by atoms with van der Waals surface area (Å²) < 4.78 is 49.1. The molecule has 0 atom stereocenters. The Morgan fingerprint density at radius 1 is 1.12 bits per heavy atom. The molecule has 2 aromatic carbocycles. The number of hydrogen-bond acceptors (Lipinski definition) is 3. The van der Waals surface area contributed by atoms with Crippen molar-refractivity contribution in [2.75, 3.05) is 13.3 Å². The van der Waals surface area contributed by atoms with Gasteiger partial charge in [-0.2, -0.15) is 13.2 Å². The Morgan fingerprint density at radius 2 is 1.88 bits per heavy atom. The maximum absolute atomic E-state index is 12.8. The Labute approximate surface area is 142 Å². The van der Waals surface area contributed by atoms with Crippen molar-refractivity contribution in [1.82, 2.24) is 4.90 Å². The second-order valence-corrected chi connectivity index (χ2v) is 5.59. The molecule has 4 nitrogen and oxygen atoms in total. The van der Waals surface area contributed by atoms with Gasteiger partial charge in [-0.1, -0.05) is 12.1 Å². The summed E-state index contributed by atoms with van der Waals surface area (Å²) >= 11 is 0. The molecule has 0 fully saturated rings. The lowest BCUT2D eigenvalue weighted by Gasteiger charge is -2.21. The number of hydrogen-bond donors (Lipinski definition) is 0. The van der Waals surface area contributed by atoms with Crippen LogP contribution in [-0.2, 0) is 12.7 Å². The number of rotatable bonds is 4. The van der Waals surface area contributed by atoms with Crippen molar-refractivity contribution in [3.63, 3.8) is 0 Å². The van der Waals surface area contributed by atoms with Crippen LogP contribution in [0.3, 0.4) is 0 Å². The highest BCUT2D eigenvalue weighted by molar-refractivity contribution is 5.94. The normalized spacial score (nSPS) is 13.0. The molecule has 25 heavy (non-hydrogen) atoms. The van der Waals surface area contributed by atoms with Crippen LogP contribution in [0.25, 0.3) is 0 Å². The van der Waals surface area contributed by atoms with Crippen LogP contribution in [0.1, 0.15) is 28.4 Å². The van der Waals surface area contributed by atoms with E-state index in [-0.39, 0.29) is 18.9 Å². The molecule has 0 bridgehead atoms. The molecule has 0 N–H and O–H groups in total. The van der Waals surface area contributed by atoms with Crippen LogP contribution in [-0.4, -0.2) is 24.1 Å². The van der Waals surface area contributed by atoms with Gasteiger partial charge in [-0.15, -0.1) is 0 Å². The van der Waals surface area contributed by atoms with Gasteiger partial charge in [0.25, 0.3) is 5.91 Å². The van der Waals surface area contributed by atoms with Crippen LogP contribution < -0.4 is 9.47 Å². The summed E-state index contributed by atoms with van der Waals surface area (Å²) in [5.74, 6) is 0.780. The van der Waals surface area contributed by atoms with Gasteiger partial charge in [0.2, 0.25) is 6.79 Å². The summed E-state index contributed by atoms with van der Waals surface area (Å²) in [6, 6.07) is 9.78. The predicted molar refractivity (Wildman–Crippen MR) is 84.4 cm³/mol.